The highest BCUT2D eigenvalue weighted by molar-refractivity contribution is 7.89. The number of nitrogens with zero attached hydrogens (tertiary/aromatic N) is 3. The van der Waals surface area contributed by atoms with Gasteiger partial charge in [-0.15, -0.1) is 0 Å². The van der Waals surface area contributed by atoms with Gasteiger partial charge in [-0.05, 0) is 43.9 Å². The van der Waals surface area contributed by atoms with Crippen LogP contribution in [0.2, 0.25) is 0 Å². The molecule has 1 saturated heterocycles. The summed E-state index contributed by atoms with van der Waals surface area (Å²) in [7, 11) is -3.97. The number of aromatic nitrogens is 2. The molecule has 156 valence electrons. The predicted octanol–water partition coefficient (Wildman–Crippen LogP) is 3.56. The number of hydrogen-bond acceptors (Lipinski definition) is 4. The molecule has 1 amide bonds. The molecule has 1 saturated carbocycles. The van der Waals surface area contributed by atoms with E-state index in [1.165, 1.54) is 10.4 Å². The summed E-state index contributed by atoms with van der Waals surface area (Å²) >= 11 is 0. The molecule has 0 spiro atoms. The Balaban J connectivity index is 1.57. The van der Waals surface area contributed by atoms with Gasteiger partial charge >= 0.3 is 0 Å². The minimum Gasteiger partial charge on any atom is -0.307 e. The summed E-state index contributed by atoms with van der Waals surface area (Å²) in [6, 6.07) is 5.44. The van der Waals surface area contributed by atoms with E-state index >= 15 is 0 Å². The number of halogens is 1. The van der Waals surface area contributed by atoms with Gasteiger partial charge in [-0.2, -0.15) is 9.40 Å². The Kier molecular flexibility index (Phi) is 5.69. The quantitative estimate of drug-likeness (QED) is 0.802. The predicted molar refractivity (Wildman–Crippen MR) is 107 cm³/mol. The van der Waals surface area contributed by atoms with Gasteiger partial charge in [0, 0.05) is 24.7 Å². The smallest absolute Gasteiger partial charge is 0.256 e. The number of anilines is 1. The van der Waals surface area contributed by atoms with E-state index in [4.69, 9.17) is 0 Å². The second-order valence-corrected chi connectivity index (χ2v) is 9.57. The van der Waals surface area contributed by atoms with E-state index in [9.17, 15) is 17.6 Å². The van der Waals surface area contributed by atoms with Crippen LogP contribution in [-0.4, -0.2) is 41.5 Å². The second-order valence-electron chi connectivity index (χ2n) is 7.66. The van der Waals surface area contributed by atoms with Crippen molar-refractivity contribution < 1.29 is 17.6 Å². The molecule has 1 N–H and O–H groups in total. The first kappa shape index (κ1) is 20.0. The Bertz CT molecular complexity index is 993. The monoisotopic (exact) mass is 420 g/mol. The summed E-state index contributed by atoms with van der Waals surface area (Å²) in [5.41, 5.74) is 0.0983. The molecule has 4 rings (SSSR count). The lowest BCUT2D eigenvalue weighted by molar-refractivity contribution is 0.102. The number of hydrogen-bond donors (Lipinski definition) is 1. The Morgan fingerprint density at radius 2 is 1.79 bits per heavy atom. The van der Waals surface area contributed by atoms with E-state index in [0.29, 0.717) is 18.9 Å². The van der Waals surface area contributed by atoms with Crippen LogP contribution < -0.4 is 5.32 Å². The first-order valence-corrected chi connectivity index (χ1v) is 11.6. The van der Waals surface area contributed by atoms with Gasteiger partial charge in [0.1, 0.15) is 16.5 Å². The minimum atomic E-state index is -3.97. The molecule has 1 aromatic heterocycles. The van der Waals surface area contributed by atoms with E-state index in [1.807, 2.05) is 0 Å². The first-order valence-electron chi connectivity index (χ1n) is 10.1. The van der Waals surface area contributed by atoms with Crippen LogP contribution in [0, 0.1) is 5.82 Å². The lowest BCUT2D eigenvalue weighted by atomic mass is 10.2. The van der Waals surface area contributed by atoms with E-state index < -0.39 is 26.6 Å². The van der Waals surface area contributed by atoms with Crippen LogP contribution >= 0.6 is 0 Å². The Morgan fingerprint density at radius 3 is 2.52 bits per heavy atom. The van der Waals surface area contributed by atoms with Crippen molar-refractivity contribution in [3.05, 3.63) is 41.8 Å². The van der Waals surface area contributed by atoms with Gasteiger partial charge in [0.15, 0.2) is 0 Å². The third-order valence-electron chi connectivity index (χ3n) is 5.71. The highest BCUT2D eigenvalue weighted by Crippen LogP contribution is 2.31. The molecule has 0 bridgehead atoms. The highest BCUT2D eigenvalue weighted by Gasteiger charge is 2.29. The maximum absolute atomic E-state index is 14.4. The van der Waals surface area contributed by atoms with Crippen LogP contribution in [0.4, 0.5) is 10.2 Å². The largest absolute Gasteiger partial charge is 0.307 e. The molecule has 0 atom stereocenters. The van der Waals surface area contributed by atoms with Gasteiger partial charge in [-0.25, -0.2) is 17.5 Å². The highest BCUT2D eigenvalue weighted by atomic mass is 32.2. The SMILES string of the molecule is O=C(Nc1ccnn1C1CCCC1)c1ccc(F)c(S(=O)(=O)N2CCCCC2)c1. The number of nitrogens with one attached hydrogen (secondary N) is 1. The van der Waals surface area contributed by atoms with Gasteiger partial charge in [0.2, 0.25) is 10.0 Å². The molecular formula is C20H25FN4O3S. The first-order chi connectivity index (χ1) is 14.0. The summed E-state index contributed by atoms with van der Waals surface area (Å²) < 4.78 is 43.2. The maximum atomic E-state index is 14.4. The molecule has 1 aromatic carbocycles. The lowest BCUT2D eigenvalue weighted by Crippen LogP contribution is -2.36. The summed E-state index contributed by atoms with van der Waals surface area (Å²) in [5, 5.41) is 7.11. The molecule has 2 aromatic rings. The number of benzene rings is 1. The zero-order valence-electron chi connectivity index (χ0n) is 16.2. The fourth-order valence-corrected chi connectivity index (χ4v) is 5.74. The zero-order chi connectivity index (χ0) is 20.4. The maximum Gasteiger partial charge on any atom is 0.256 e. The summed E-state index contributed by atoms with van der Waals surface area (Å²) in [4.78, 5) is 12.3. The molecule has 2 fully saturated rings. The molecule has 2 heterocycles. The number of piperidine rings is 1. The third kappa shape index (κ3) is 4.06. The number of rotatable bonds is 5. The van der Waals surface area contributed by atoms with Crippen molar-refractivity contribution in [3.8, 4) is 0 Å². The van der Waals surface area contributed by atoms with Gasteiger partial charge in [0.05, 0.1) is 12.2 Å². The van der Waals surface area contributed by atoms with Crippen LogP contribution in [0.3, 0.4) is 0 Å². The second kappa shape index (κ2) is 8.23. The lowest BCUT2D eigenvalue weighted by Gasteiger charge is -2.26. The van der Waals surface area contributed by atoms with Crippen molar-refractivity contribution in [1.29, 1.82) is 0 Å². The molecule has 7 nitrogen and oxygen atoms in total. The molecule has 0 radical (unpaired) electrons. The minimum absolute atomic E-state index is 0.0983. The van der Waals surface area contributed by atoms with Gasteiger partial charge in [-0.1, -0.05) is 19.3 Å². The standard InChI is InChI=1S/C20H25FN4O3S/c21-17-9-8-15(14-18(17)29(27,28)24-12-4-1-5-13-24)20(26)23-19-10-11-22-25(19)16-6-2-3-7-16/h8-11,14,16H,1-7,12-13H2,(H,23,26). The van der Waals surface area contributed by atoms with Crippen LogP contribution in [-0.2, 0) is 10.0 Å². The van der Waals surface area contributed by atoms with E-state index in [2.05, 4.69) is 10.4 Å². The number of carbonyl (C=O) groups excluding carboxylic acids is 1. The molecular weight excluding hydrogens is 395 g/mol. The fourth-order valence-electron chi connectivity index (χ4n) is 4.13. The van der Waals surface area contributed by atoms with Gasteiger partial charge < -0.3 is 5.32 Å². The summed E-state index contributed by atoms with van der Waals surface area (Å²) in [6.07, 6.45) is 8.40. The van der Waals surface area contributed by atoms with E-state index in [-0.39, 0.29) is 11.6 Å². The topological polar surface area (TPSA) is 84.3 Å². The van der Waals surface area contributed by atoms with E-state index in [1.54, 1.807) is 16.9 Å². The van der Waals surface area contributed by atoms with Crippen LogP contribution in [0.15, 0.2) is 35.4 Å². The van der Waals surface area contributed by atoms with Crippen molar-refractivity contribution in [1.82, 2.24) is 14.1 Å². The normalized spacial score (nSPS) is 18.8. The molecule has 1 aliphatic carbocycles. The van der Waals surface area contributed by atoms with E-state index in [0.717, 1.165) is 57.1 Å². The number of sulfonamides is 1. The molecule has 9 heteroatoms. The average Bonchev–Trinajstić information content (AvgIpc) is 3.40. The molecule has 2 aliphatic rings. The fraction of sp³-hybridized carbons (Fsp3) is 0.500. The number of amides is 1. The summed E-state index contributed by atoms with van der Waals surface area (Å²) in [6.45, 7) is 0.748. The van der Waals surface area contributed by atoms with Crippen molar-refractivity contribution in [2.75, 3.05) is 18.4 Å². The van der Waals surface area contributed by atoms with Crippen LogP contribution in [0.5, 0.6) is 0 Å². The molecule has 0 unspecified atom stereocenters. The van der Waals surface area contributed by atoms with Crippen molar-refractivity contribution in [2.45, 2.75) is 55.9 Å². The molecule has 1 aliphatic heterocycles. The van der Waals surface area contributed by atoms with Crippen LogP contribution in [0.25, 0.3) is 0 Å². The van der Waals surface area contributed by atoms with Gasteiger partial charge in [0.25, 0.3) is 5.91 Å². The molecule has 29 heavy (non-hydrogen) atoms. The van der Waals surface area contributed by atoms with Crippen LogP contribution in [0.1, 0.15) is 61.3 Å². The third-order valence-corrected chi connectivity index (χ3v) is 7.62. The van der Waals surface area contributed by atoms with Crippen molar-refractivity contribution >= 4 is 21.7 Å². The van der Waals surface area contributed by atoms with Crippen molar-refractivity contribution in [2.24, 2.45) is 0 Å². The van der Waals surface area contributed by atoms with Crippen molar-refractivity contribution in [3.63, 3.8) is 0 Å². The summed E-state index contributed by atoms with van der Waals surface area (Å²) in [5.74, 6) is -0.769. The average molecular weight is 421 g/mol. The Labute approximate surface area is 169 Å². The number of carbonyl (C=O) groups is 1. The Hall–Kier alpha value is -2.26. The Morgan fingerprint density at radius 1 is 1.07 bits per heavy atom. The zero-order valence-corrected chi connectivity index (χ0v) is 17.0. The van der Waals surface area contributed by atoms with Gasteiger partial charge in [-0.3, -0.25) is 4.79 Å².